The first-order valence-corrected chi connectivity index (χ1v) is 9.26. The first-order valence-electron chi connectivity index (χ1n) is 9.26. The quantitative estimate of drug-likeness (QED) is 0.898. The first-order chi connectivity index (χ1) is 12.1. The van der Waals surface area contributed by atoms with Crippen LogP contribution in [0.25, 0.3) is 5.69 Å². The number of halogens is 1. The Morgan fingerprint density at radius 3 is 2.81 bits per heavy atom. The van der Waals surface area contributed by atoms with E-state index in [2.05, 4.69) is 32.0 Å². The van der Waals surface area contributed by atoms with Crippen molar-refractivity contribution in [1.82, 2.24) is 14.7 Å². The van der Waals surface area contributed by atoms with Crippen LogP contribution >= 0.6 is 12.4 Å². The molecule has 2 aromatic rings. The van der Waals surface area contributed by atoms with Crippen molar-refractivity contribution in [2.75, 3.05) is 19.6 Å². The van der Waals surface area contributed by atoms with Crippen molar-refractivity contribution >= 4 is 18.3 Å². The predicted molar refractivity (Wildman–Crippen MR) is 105 cm³/mol. The van der Waals surface area contributed by atoms with Crippen LogP contribution in [0.15, 0.2) is 18.2 Å². The molecule has 1 atom stereocenters. The molecule has 6 heteroatoms. The fourth-order valence-corrected chi connectivity index (χ4v) is 4.21. The van der Waals surface area contributed by atoms with Crippen molar-refractivity contribution in [1.29, 1.82) is 0 Å². The summed E-state index contributed by atoms with van der Waals surface area (Å²) in [4.78, 5) is 15.0. The normalized spacial score (nSPS) is 18.7. The van der Waals surface area contributed by atoms with Crippen molar-refractivity contribution < 1.29 is 4.79 Å². The molecule has 0 spiro atoms. The standard InChI is InChI=1S/C20H26N4O.ClH/c1-13-6-7-17(14(2)10-13)24-18-5-3-4-16(18)19(22-24)20(25)23-9-8-15(11-21)12-23;/h6-7,10,15H,3-5,8-9,11-12,21H2,1-2H3;1H. The van der Waals surface area contributed by atoms with Gasteiger partial charge >= 0.3 is 0 Å². The van der Waals surface area contributed by atoms with Gasteiger partial charge in [-0.1, -0.05) is 17.7 Å². The number of likely N-dealkylation sites (tertiary alicyclic amines) is 1. The molecule has 4 rings (SSSR count). The van der Waals surface area contributed by atoms with Gasteiger partial charge in [0.2, 0.25) is 0 Å². The third-order valence-corrected chi connectivity index (χ3v) is 5.62. The van der Waals surface area contributed by atoms with E-state index in [1.54, 1.807) is 0 Å². The number of nitrogens with two attached hydrogens (primary N) is 1. The summed E-state index contributed by atoms with van der Waals surface area (Å²) in [7, 11) is 0. The number of amides is 1. The molecular formula is C20H27ClN4O. The van der Waals surface area contributed by atoms with Gasteiger partial charge in [-0.15, -0.1) is 12.4 Å². The lowest BCUT2D eigenvalue weighted by Crippen LogP contribution is -2.30. The zero-order valence-electron chi connectivity index (χ0n) is 15.5. The summed E-state index contributed by atoms with van der Waals surface area (Å²) >= 11 is 0. The molecule has 1 aliphatic carbocycles. The van der Waals surface area contributed by atoms with E-state index in [9.17, 15) is 4.79 Å². The Kier molecular flexibility index (Phi) is 5.39. The Morgan fingerprint density at radius 1 is 1.31 bits per heavy atom. The average molecular weight is 375 g/mol. The summed E-state index contributed by atoms with van der Waals surface area (Å²) in [6, 6.07) is 6.40. The number of fused-ring (bicyclic) bond motifs is 1. The summed E-state index contributed by atoms with van der Waals surface area (Å²) in [5.41, 5.74) is 12.3. The minimum absolute atomic E-state index is 0. The molecule has 0 bridgehead atoms. The maximum absolute atomic E-state index is 13.1. The number of nitrogens with zero attached hydrogens (tertiary/aromatic N) is 3. The topological polar surface area (TPSA) is 64.2 Å². The van der Waals surface area contributed by atoms with Crippen LogP contribution in [0.2, 0.25) is 0 Å². The SMILES string of the molecule is Cc1ccc(-n2nc(C(=O)N3CCC(CN)C3)c3c2CCC3)c(C)c1.Cl. The molecule has 1 saturated heterocycles. The van der Waals surface area contributed by atoms with Crippen molar-refractivity contribution in [3.05, 3.63) is 46.3 Å². The van der Waals surface area contributed by atoms with Crippen LogP contribution in [-0.4, -0.2) is 40.2 Å². The molecule has 0 saturated carbocycles. The molecule has 0 radical (unpaired) electrons. The first kappa shape index (κ1) is 18.9. The van der Waals surface area contributed by atoms with Crippen molar-refractivity contribution in [2.24, 2.45) is 11.7 Å². The van der Waals surface area contributed by atoms with E-state index in [4.69, 9.17) is 10.8 Å². The van der Waals surface area contributed by atoms with Crippen LogP contribution in [0, 0.1) is 19.8 Å². The number of carbonyl (C=O) groups is 1. The summed E-state index contributed by atoms with van der Waals surface area (Å²) in [5.74, 6) is 0.510. The van der Waals surface area contributed by atoms with E-state index >= 15 is 0 Å². The van der Waals surface area contributed by atoms with Crippen molar-refractivity contribution in [2.45, 2.75) is 39.5 Å². The zero-order chi connectivity index (χ0) is 17.6. The van der Waals surface area contributed by atoms with Gasteiger partial charge in [-0.05, 0) is 63.6 Å². The lowest BCUT2D eigenvalue weighted by molar-refractivity contribution is 0.0780. The molecular weight excluding hydrogens is 348 g/mol. The number of benzene rings is 1. The summed E-state index contributed by atoms with van der Waals surface area (Å²) in [5, 5.41) is 4.78. The Labute approximate surface area is 161 Å². The fraction of sp³-hybridized carbons (Fsp3) is 0.500. The second-order valence-corrected chi connectivity index (χ2v) is 7.47. The highest BCUT2D eigenvalue weighted by Gasteiger charge is 2.32. The van der Waals surface area contributed by atoms with Gasteiger partial charge in [0.25, 0.3) is 5.91 Å². The van der Waals surface area contributed by atoms with E-state index in [0.717, 1.165) is 50.0 Å². The summed E-state index contributed by atoms with van der Waals surface area (Å²) in [6.07, 6.45) is 4.05. The van der Waals surface area contributed by atoms with Crippen LogP contribution in [0.1, 0.15) is 45.7 Å². The van der Waals surface area contributed by atoms with Gasteiger partial charge in [0.1, 0.15) is 0 Å². The van der Waals surface area contributed by atoms with Gasteiger partial charge in [-0.25, -0.2) is 4.68 Å². The number of carbonyl (C=O) groups excluding carboxylic acids is 1. The molecule has 2 aliphatic rings. The van der Waals surface area contributed by atoms with Crippen LogP contribution < -0.4 is 5.73 Å². The largest absolute Gasteiger partial charge is 0.337 e. The molecule has 2 heterocycles. The van der Waals surface area contributed by atoms with Gasteiger partial charge in [0.15, 0.2) is 5.69 Å². The van der Waals surface area contributed by atoms with E-state index < -0.39 is 0 Å². The lowest BCUT2D eigenvalue weighted by atomic mass is 10.1. The second kappa shape index (κ2) is 7.41. The molecule has 1 aromatic heterocycles. The summed E-state index contributed by atoms with van der Waals surface area (Å²) < 4.78 is 2.01. The smallest absolute Gasteiger partial charge is 0.274 e. The van der Waals surface area contributed by atoms with Gasteiger partial charge in [-0.2, -0.15) is 5.10 Å². The molecule has 1 amide bonds. The highest BCUT2D eigenvalue weighted by molar-refractivity contribution is 5.94. The minimum Gasteiger partial charge on any atom is -0.337 e. The molecule has 1 unspecified atom stereocenters. The Balaban J connectivity index is 0.00000196. The predicted octanol–water partition coefficient (Wildman–Crippen LogP) is 2.82. The number of hydrogen-bond acceptors (Lipinski definition) is 3. The number of hydrogen-bond donors (Lipinski definition) is 1. The van der Waals surface area contributed by atoms with E-state index in [1.165, 1.54) is 16.8 Å². The molecule has 140 valence electrons. The van der Waals surface area contributed by atoms with Crippen LogP contribution in [0.4, 0.5) is 0 Å². The average Bonchev–Trinajstić information content (AvgIpc) is 3.31. The summed E-state index contributed by atoms with van der Waals surface area (Å²) in [6.45, 7) is 6.42. The van der Waals surface area contributed by atoms with Crippen LogP contribution in [0.5, 0.6) is 0 Å². The number of rotatable bonds is 3. The minimum atomic E-state index is 0. The third-order valence-electron chi connectivity index (χ3n) is 5.62. The van der Waals surface area contributed by atoms with Crippen LogP contribution in [-0.2, 0) is 12.8 Å². The van der Waals surface area contributed by atoms with E-state index in [0.29, 0.717) is 18.2 Å². The molecule has 1 aliphatic heterocycles. The Bertz CT molecular complexity index is 829. The highest BCUT2D eigenvalue weighted by atomic mass is 35.5. The molecule has 26 heavy (non-hydrogen) atoms. The maximum atomic E-state index is 13.1. The lowest BCUT2D eigenvalue weighted by Gasteiger charge is -2.15. The van der Waals surface area contributed by atoms with Gasteiger partial charge < -0.3 is 10.6 Å². The Morgan fingerprint density at radius 2 is 2.12 bits per heavy atom. The Hall–Kier alpha value is -1.85. The van der Waals surface area contributed by atoms with Gasteiger partial charge in [-0.3, -0.25) is 4.79 Å². The van der Waals surface area contributed by atoms with Crippen molar-refractivity contribution in [3.8, 4) is 5.69 Å². The number of aryl methyl sites for hydroxylation is 2. The number of aromatic nitrogens is 2. The monoisotopic (exact) mass is 374 g/mol. The third kappa shape index (κ3) is 3.14. The van der Waals surface area contributed by atoms with Gasteiger partial charge in [0, 0.05) is 24.3 Å². The van der Waals surface area contributed by atoms with E-state index in [-0.39, 0.29) is 18.3 Å². The second-order valence-electron chi connectivity index (χ2n) is 7.47. The van der Waals surface area contributed by atoms with Crippen LogP contribution in [0.3, 0.4) is 0 Å². The molecule has 5 nitrogen and oxygen atoms in total. The zero-order valence-corrected chi connectivity index (χ0v) is 16.3. The fourth-order valence-electron chi connectivity index (χ4n) is 4.21. The van der Waals surface area contributed by atoms with Crippen molar-refractivity contribution in [3.63, 3.8) is 0 Å². The molecule has 1 aromatic carbocycles. The highest BCUT2D eigenvalue weighted by Crippen LogP contribution is 2.30. The maximum Gasteiger partial charge on any atom is 0.274 e. The molecule has 1 fully saturated rings. The molecule has 2 N–H and O–H groups in total. The van der Waals surface area contributed by atoms with Gasteiger partial charge in [0.05, 0.1) is 5.69 Å². The van der Waals surface area contributed by atoms with E-state index in [1.807, 2.05) is 9.58 Å².